The van der Waals surface area contributed by atoms with E-state index < -0.39 is 0 Å². The molecule has 0 saturated heterocycles. The van der Waals surface area contributed by atoms with Crippen molar-refractivity contribution in [3.05, 3.63) is 0 Å². The summed E-state index contributed by atoms with van der Waals surface area (Å²) in [6.45, 7) is 26.5. The molecular formula is C18H39N. The Kier molecular flexibility index (Phi) is 4.75. The van der Waals surface area contributed by atoms with Gasteiger partial charge in [-0.2, -0.15) is 0 Å². The highest BCUT2D eigenvalue weighted by Crippen LogP contribution is 2.62. The van der Waals surface area contributed by atoms with Gasteiger partial charge < -0.3 is 4.90 Å². The highest BCUT2D eigenvalue weighted by molar-refractivity contribution is 5.08. The molecular weight excluding hydrogens is 230 g/mol. The van der Waals surface area contributed by atoms with Crippen LogP contribution in [-0.4, -0.2) is 24.5 Å². The first kappa shape index (κ1) is 19.0. The molecule has 0 unspecified atom stereocenters. The molecule has 0 N–H and O–H groups in total. The second-order valence-electron chi connectivity index (χ2n) is 9.58. The van der Waals surface area contributed by atoms with Crippen LogP contribution in [0.4, 0.5) is 0 Å². The van der Waals surface area contributed by atoms with E-state index in [9.17, 15) is 0 Å². The van der Waals surface area contributed by atoms with Crippen LogP contribution in [0.3, 0.4) is 0 Å². The van der Waals surface area contributed by atoms with Gasteiger partial charge in [-0.25, -0.2) is 0 Å². The lowest BCUT2D eigenvalue weighted by Crippen LogP contribution is -2.62. The Hall–Kier alpha value is -0.0400. The zero-order chi connectivity index (χ0) is 16.1. The van der Waals surface area contributed by atoms with Crippen LogP contribution in [0.2, 0.25) is 0 Å². The van der Waals surface area contributed by atoms with Gasteiger partial charge in [-0.15, -0.1) is 0 Å². The minimum absolute atomic E-state index is 0.138. The fourth-order valence-electron chi connectivity index (χ4n) is 3.04. The third-order valence-electron chi connectivity index (χ3n) is 7.65. The number of hydrogen-bond donors (Lipinski definition) is 0. The van der Waals surface area contributed by atoms with Gasteiger partial charge in [0, 0.05) is 5.54 Å². The third-order valence-corrected chi connectivity index (χ3v) is 7.65. The van der Waals surface area contributed by atoms with Crippen molar-refractivity contribution in [2.75, 3.05) is 14.1 Å². The maximum absolute atomic E-state index is 2.45. The fraction of sp³-hybridized carbons (Fsp3) is 1.00. The van der Waals surface area contributed by atoms with Crippen LogP contribution in [0.25, 0.3) is 0 Å². The monoisotopic (exact) mass is 269 g/mol. The van der Waals surface area contributed by atoms with Crippen molar-refractivity contribution in [3.63, 3.8) is 0 Å². The van der Waals surface area contributed by atoms with Gasteiger partial charge in [0.25, 0.3) is 0 Å². The quantitative estimate of drug-likeness (QED) is 0.656. The van der Waals surface area contributed by atoms with Crippen LogP contribution in [0, 0.1) is 21.7 Å². The summed E-state index contributed by atoms with van der Waals surface area (Å²) in [5, 5.41) is 0. The van der Waals surface area contributed by atoms with Gasteiger partial charge in [-0.05, 0) is 49.6 Å². The average Bonchev–Trinajstić information content (AvgIpc) is 2.14. The van der Waals surface area contributed by atoms with Crippen molar-refractivity contribution in [2.45, 2.75) is 81.7 Å². The molecule has 0 aliphatic rings. The smallest absolute Gasteiger partial charge is 0.0203 e. The molecule has 0 saturated carbocycles. The topological polar surface area (TPSA) is 3.24 Å². The van der Waals surface area contributed by atoms with Crippen molar-refractivity contribution in [1.82, 2.24) is 4.90 Å². The highest BCUT2D eigenvalue weighted by atomic mass is 15.1. The molecule has 0 radical (unpaired) electrons. The van der Waals surface area contributed by atoms with Crippen LogP contribution in [0.15, 0.2) is 0 Å². The number of nitrogens with zero attached hydrogens (tertiary/aromatic N) is 1. The molecule has 0 heterocycles. The van der Waals surface area contributed by atoms with Gasteiger partial charge in [0.1, 0.15) is 0 Å². The molecule has 0 aromatic heterocycles. The van der Waals surface area contributed by atoms with Gasteiger partial charge in [0.15, 0.2) is 0 Å². The maximum atomic E-state index is 2.45. The predicted octanol–water partition coefficient (Wildman–Crippen LogP) is 5.45. The second-order valence-corrected chi connectivity index (χ2v) is 9.58. The minimum atomic E-state index is 0.138. The molecule has 0 aromatic carbocycles. The van der Waals surface area contributed by atoms with Crippen LogP contribution < -0.4 is 0 Å². The fourth-order valence-corrected chi connectivity index (χ4v) is 3.04. The lowest BCUT2D eigenvalue weighted by Gasteiger charge is -2.63. The van der Waals surface area contributed by atoms with E-state index in [1.165, 1.54) is 0 Å². The lowest BCUT2D eigenvalue weighted by atomic mass is 9.44. The zero-order valence-electron chi connectivity index (χ0n) is 15.9. The van der Waals surface area contributed by atoms with Gasteiger partial charge in [-0.3, -0.25) is 0 Å². The normalized spacial score (nSPS) is 16.1. The molecule has 0 aliphatic carbocycles. The average molecular weight is 270 g/mol. The summed E-state index contributed by atoms with van der Waals surface area (Å²) in [5.74, 6) is 0. The summed E-state index contributed by atoms with van der Waals surface area (Å²) < 4.78 is 0. The SMILES string of the molecule is CN(C)C(C)(C)C(C)(C)C(C)(C)C(C)(C)C(C)(C)C. The Morgan fingerprint density at radius 2 is 0.789 bits per heavy atom. The van der Waals surface area contributed by atoms with E-state index in [4.69, 9.17) is 0 Å². The van der Waals surface area contributed by atoms with Crippen LogP contribution in [-0.2, 0) is 0 Å². The van der Waals surface area contributed by atoms with E-state index in [0.29, 0.717) is 0 Å². The Labute approximate surface area is 123 Å². The van der Waals surface area contributed by atoms with Crippen LogP contribution in [0.5, 0.6) is 0 Å². The molecule has 19 heavy (non-hydrogen) atoms. The van der Waals surface area contributed by atoms with Crippen molar-refractivity contribution >= 4 is 0 Å². The van der Waals surface area contributed by atoms with Crippen molar-refractivity contribution in [3.8, 4) is 0 Å². The molecule has 0 bridgehead atoms. The highest BCUT2D eigenvalue weighted by Gasteiger charge is 2.58. The maximum Gasteiger partial charge on any atom is 0.0203 e. The Bertz CT molecular complexity index is 311. The third kappa shape index (κ3) is 2.60. The number of rotatable bonds is 4. The van der Waals surface area contributed by atoms with Crippen molar-refractivity contribution < 1.29 is 0 Å². The molecule has 0 aromatic rings. The molecule has 116 valence electrons. The largest absolute Gasteiger partial charge is 0.304 e. The Balaban J connectivity index is 5.92. The summed E-state index contributed by atoms with van der Waals surface area (Å²) >= 11 is 0. The lowest BCUT2D eigenvalue weighted by molar-refractivity contribution is -0.141. The summed E-state index contributed by atoms with van der Waals surface area (Å²) in [4.78, 5) is 2.37. The first-order chi connectivity index (χ1) is 7.94. The standard InChI is InChI=1S/C18H39N/c1-14(2,3)15(4,5)16(6,7)17(8,9)18(10,11)19(12)13/h1-13H3. The molecule has 0 rings (SSSR count). The van der Waals surface area contributed by atoms with E-state index >= 15 is 0 Å². The summed E-state index contributed by atoms with van der Waals surface area (Å²) in [7, 11) is 4.39. The van der Waals surface area contributed by atoms with Crippen molar-refractivity contribution in [2.24, 2.45) is 21.7 Å². The Morgan fingerprint density at radius 3 is 1.00 bits per heavy atom. The second kappa shape index (κ2) is 4.76. The first-order valence-electron chi connectivity index (χ1n) is 7.62. The van der Waals surface area contributed by atoms with Crippen LogP contribution in [0.1, 0.15) is 76.2 Å². The molecule has 0 atom stereocenters. The molecule has 0 aliphatic heterocycles. The van der Waals surface area contributed by atoms with Crippen LogP contribution >= 0.6 is 0 Å². The van der Waals surface area contributed by atoms with Gasteiger partial charge in [0.05, 0.1) is 0 Å². The van der Waals surface area contributed by atoms with Gasteiger partial charge in [0.2, 0.25) is 0 Å². The van der Waals surface area contributed by atoms with Gasteiger partial charge >= 0.3 is 0 Å². The van der Waals surface area contributed by atoms with Gasteiger partial charge in [-0.1, -0.05) is 62.3 Å². The van der Waals surface area contributed by atoms with E-state index in [1.54, 1.807) is 0 Å². The molecule has 1 nitrogen and oxygen atoms in total. The summed E-state index contributed by atoms with van der Waals surface area (Å²) in [6, 6.07) is 0. The molecule has 1 heteroatoms. The molecule has 0 amide bonds. The van der Waals surface area contributed by atoms with E-state index in [0.717, 1.165) is 0 Å². The Morgan fingerprint density at radius 1 is 0.474 bits per heavy atom. The molecule has 0 fully saturated rings. The van der Waals surface area contributed by atoms with E-state index in [-0.39, 0.29) is 27.2 Å². The zero-order valence-corrected chi connectivity index (χ0v) is 15.9. The summed E-state index contributed by atoms with van der Waals surface area (Å²) in [5.41, 5.74) is 1.03. The van der Waals surface area contributed by atoms with E-state index in [1.807, 2.05) is 0 Å². The summed E-state index contributed by atoms with van der Waals surface area (Å²) in [6.07, 6.45) is 0. The van der Waals surface area contributed by atoms with Crippen molar-refractivity contribution in [1.29, 1.82) is 0 Å². The number of hydrogen-bond acceptors (Lipinski definition) is 1. The molecule has 0 spiro atoms. The predicted molar refractivity (Wildman–Crippen MR) is 88.6 cm³/mol. The first-order valence-corrected chi connectivity index (χ1v) is 7.62. The minimum Gasteiger partial charge on any atom is -0.304 e. The van der Waals surface area contributed by atoms with E-state index in [2.05, 4.69) is 95.2 Å².